The zero-order valence-corrected chi connectivity index (χ0v) is 51.3. The Morgan fingerprint density at radius 1 is 0.547 bits per heavy atom. The Morgan fingerprint density at radius 2 is 1.01 bits per heavy atom. The number of benzene rings is 4. The second-order valence-electron chi connectivity index (χ2n) is 20.7. The number of anilines is 2. The van der Waals surface area contributed by atoms with Gasteiger partial charge < -0.3 is 38.5 Å². The maximum atomic E-state index is 14.3. The number of ether oxygens (including phenoxy) is 4. The average Bonchev–Trinajstić information content (AvgIpc) is 1.74. The summed E-state index contributed by atoms with van der Waals surface area (Å²) in [6, 6.07) is 28.6. The number of carbonyl (C=O) groups excluding carboxylic acids is 4. The second-order valence-corrected chi connectivity index (χ2v) is 26.6. The predicted molar refractivity (Wildman–Crippen MR) is 327 cm³/mol. The van der Waals surface area contributed by atoms with Crippen LogP contribution in [0.15, 0.2) is 139 Å². The molecule has 2 saturated heterocycles. The van der Waals surface area contributed by atoms with Gasteiger partial charge in [-0.25, -0.2) is 26.3 Å². The zero-order valence-electron chi connectivity index (χ0n) is 48.1. The highest BCUT2D eigenvalue weighted by Gasteiger charge is 2.45. The van der Waals surface area contributed by atoms with E-state index in [1.54, 1.807) is 84.0 Å². The van der Waals surface area contributed by atoms with Gasteiger partial charge in [0.1, 0.15) is 8.42 Å². The summed E-state index contributed by atoms with van der Waals surface area (Å²) >= 11 is 2.29. The van der Waals surface area contributed by atoms with E-state index < -0.39 is 32.1 Å². The van der Waals surface area contributed by atoms with E-state index in [0.29, 0.717) is 95.2 Å². The molecule has 7 heterocycles. The van der Waals surface area contributed by atoms with Gasteiger partial charge >= 0.3 is 0 Å². The van der Waals surface area contributed by atoms with Gasteiger partial charge in [0, 0.05) is 77.6 Å². The number of nitrogens with zero attached hydrogens (tertiary/aromatic N) is 5. The van der Waals surface area contributed by atoms with Crippen molar-refractivity contribution in [2.24, 2.45) is 0 Å². The van der Waals surface area contributed by atoms with Gasteiger partial charge in [-0.3, -0.25) is 33.9 Å². The molecule has 25 heteroatoms. The zero-order chi connectivity index (χ0) is 60.5. The largest absolute Gasteiger partial charge is 0.493 e. The number of amides is 4. The van der Waals surface area contributed by atoms with E-state index in [4.69, 9.17) is 23.4 Å². The van der Waals surface area contributed by atoms with E-state index in [9.17, 15) is 36.0 Å². The number of piperazine rings is 2. The lowest BCUT2D eigenvalue weighted by Crippen LogP contribution is -2.46. The number of methoxy groups -OCH3 is 4. The highest BCUT2D eigenvalue weighted by Crippen LogP contribution is 2.43. The van der Waals surface area contributed by atoms with Crippen molar-refractivity contribution in [3.8, 4) is 23.0 Å². The average molecular weight is 1250 g/mol. The third-order valence-electron chi connectivity index (χ3n) is 15.6. The molecule has 0 radical (unpaired) electrons. The molecule has 21 nitrogen and oxygen atoms in total. The molecule has 4 aliphatic rings. The Hall–Kier alpha value is -7.62. The van der Waals surface area contributed by atoms with Gasteiger partial charge in [-0.15, -0.1) is 22.7 Å². The van der Waals surface area contributed by atoms with Crippen LogP contribution in [0.25, 0.3) is 0 Å². The first-order valence-corrected chi connectivity index (χ1v) is 32.8. The first-order valence-electron chi connectivity index (χ1n) is 28.1. The Labute approximate surface area is 508 Å². The molecule has 0 bridgehead atoms. The summed E-state index contributed by atoms with van der Waals surface area (Å²) in [4.78, 5) is 65.4. The third-order valence-corrected chi connectivity index (χ3v) is 21.3. The summed E-state index contributed by atoms with van der Waals surface area (Å²) in [5.41, 5.74) is 5.56. The van der Waals surface area contributed by atoms with E-state index in [0.717, 1.165) is 85.4 Å². The van der Waals surface area contributed by atoms with Crippen LogP contribution in [0.2, 0.25) is 0 Å². The second kappa shape index (κ2) is 27.4. The predicted octanol–water partition coefficient (Wildman–Crippen LogP) is 8.05. The van der Waals surface area contributed by atoms with Gasteiger partial charge in [-0.05, 0) is 114 Å². The first-order chi connectivity index (χ1) is 41.7. The van der Waals surface area contributed by atoms with Crippen molar-refractivity contribution >= 4 is 77.7 Å². The van der Waals surface area contributed by atoms with Crippen molar-refractivity contribution in [3.63, 3.8) is 0 Å². The molecule has 2 fully saturated rings. The molecule has 0 aliphatic carbocycles. The molecule has 2 atom stereocenters. The number of furan rings is 1. The Balaban J connectivity index is 0.000000193. The molecule has 3 N–H and O–H groups in total. The van der Waals surface area contributed by atoms with Crippen LogP contribution in [0.4, 0.5) is 11.4 Å². The SMILES string of the molecule is COc1ccc([C@@H](CCCNS(=O)(=O)c2cccs2)N2C(=O)c3cccc(N4CCN(Cc5ccoc5)CC4)c3C2=O)cc1OC.COc1ccc([C@@H](CCCNS(=O)(=O)c2cccs2)N2C(=O)c3cccc(N4CCNCC4)c3C2=O)cc1OC. The van der Waals surface area contributed by atoms with E-state index in [2.05, 4.69) is 29.5 Å². The van der Waals surface area contributed by atoms with Gasteiger partial charge in [0.15, 0.2) is 23.0 Å². The summed E-state index contributed by atoms with van der Waals surface area (Å²) in [6.45, 7) is 7.17. The minimum atomic E-state index is -3.65. The van der Waals surface area contributed by atoms with Crippen LogP contribution < -0.4 is 43.5 Å². The number of hydrogen-bond acceptors (Lipinski definition) is 19. The van der Waals surface area contributed by atoms with Crippen LogP contribution in [0.5, 0.6) is 23.0 Å². The van der Waals surface area contributed by atoms with E-state index in [1.165, 1.54) is 38.2 Å². The fourth-order valence-electron chi connectivity index (χ4n) is 11.3. The van der Waals surface area contributed by atoms with Crippen molar-refractivity contribution < 1.29 is 59.4 Å². The molecule has 0 saturated carbocycles. The topological polar surface area (TPSA) is 239 Å². The molecular formula is C61H68N8O13S4. The molecular weight excluding hydrogens is 1180 g/mol. The molecule has 454 valence electrons. The van der Waals surface area contributed by atoms with Crippen LogP contribution in [0.1, 0.15) is 95.9 Å². The smallest absolute Gasteiger partial charge is 0.264 e. The number of imide groups is 2. The number of rotatable bonds is 24. The van der Waals surface area contributed by atoms with Gasteiger partial charge in [0.2, 0.25) is 20.0 Å². The lowest BCUT2D eigenvalue weighted by Gasteiger charge is -2.36. The monoisotopic (exact) mass is 1250 g/mol. The van der Waals surface area contributed by atoms with Crippen molar-refractivity contribution in [2.75, 3.05) is 104 Å². The molecule has 4 aliphatic heterocycles. The van der Waals surface area contributed by atoms with E-state index >= 15 is 0 Å². The number of nitrogens with one attached hydrogen (secondary N) is 3. The van der Waals surface area contributed by atoms with Crippen molar-refractivity contribution in [1.82, 2.24) is 29.5 Å². The molecule has 86 heavy (non-hydrogen) atoms. The highest BCUT2D eigenvalue weighted by molar-refractivity contribution is 7.91. The van der Waals surface area contributed by atoms with Crippen molar-refractivity contribution in [1.29, 1.82) is 0 Å². The molecule has 0 unspecified atom stereocenters. The molecule has 11 rings (SSSR count). The summed E-state index contributed by atoms with van der Waals surface area (Å²) < 4.78 is 83.4. The minimum Gasteiger partial charge on any atom is -0.493 e. The number of carbonyl (C=O) groups is 4. The Morgan fingerprint density at radius 3 is 1.43 bits per heavy atom. The highest BCUT2D eigenvalue weighted by atomic mass is 32.3. The van der Waals surface area contributed by atoms with Gasteiger partial charge in [-0.1, -0.05) is 36.4 Å². The maximum Gasteiger partial charge on any atom is 0.264 e. The van der Waals surface area contributed by atoms with Crippen molar-refractivity contribution in [2.45, 2.75) is 52.7 Å². The summed E-state index contributed by atoms with van der Waals surface area (Å²) in [5.74, 6) is 0.525. The molecule has 0 spiro atoms. The third kappa shape index (κ3) is 13.2. The molecule has 3 aromatic heterocycles. The van der Waals surface area contributed by atoms with Gasteiger partial charge in [-0.2, -0.15) is 0 Å². The lowest BCUT2D eigenvalue weighted by molar-refractivity contribution is 0.0557. The number of hydrogen-bond donors (Lipinski definition) is 3. The summed E-state index contributed by atoms with van der Waals surface area (Å²) in [6.07, 6.45) is 4.87. The normalized spacial score (nSPS) is 16.2. The van der Waals surface area contributed by atoms with Crippen molar-refractivity contribution in [3.05, 3.63) is 165 Å². The van der Waals surface area contributed by atoms with Gasteiger partial charge in [0.25, 0.3) is 23.6 Å². The minimum absolute atomic E-state index is 0.140. The Kier molecular flexibility index (Phi) is 19.6. The van der Waals surface area contributed by atoms with Crippen LogP contribution in [-0.4, -0.2) is 149 Å². The van der Waals surface area contributed by atoms with Crippen LogP contribution in [0.3, 0.4) is 0 Å². The van der Waals surface area contributed by atoms with E-state index in [-0.39, 0.29) is 45.1 Å². The van der Waals surface area contributed by atoms with Gasteiger partial charge in [0.05, 0.1) is 86.7 Å². The molecule has 4 aromatic carbocycles. The molecule has 4 amide bonds. The van der Waals surface area contributed by atoms with Crippen LogP contribution in [-0.2, 0) is 26.6 Å². The Bertz CT molecular complexity index is 3760. The van der Waals surface area contributed by atoms with Crippen LogP contribution in [0, 0.1) is 0 Å². The lowest BCUT2D eigenvalue weighted by atomic mass is 9.99. The number of fused-ring (bicyclic) bond motifs is 2. The molecule has 7 aromatic rings. The maximum absolute atomic E-state index is 14.3. The number of thiophene rings is 2. The summed E-state index contributed by atoms with van der Waals surface area (Å²) in [7, 11) is -1.15. The van der Waals surface area contributed by atoms with Crippen LogP contribution >= 0.6 is 22.7 Å². The number of sulfonamides is 2. The fraction of sp³-hybridized carbons (Fsp3) is 0.344. The quantitative estimate of drug-likeness (QED) is 0.0383. The fourth-order valence-corrected chi connectivity index (χ4v) is 15.6. The first kappa shape index (κ1) is 61.5. The van der Waals surface area contributed by atoms with E-state index in [1.807, 2.05) is 42.5 Å². The summed E-state index contributed by atoms with van der Waals surface area (Å²) in [5, 5.41) is 6.73. The standard InChI is InChI=1S/C33H36N4O7S2.C28H32N4O6S2/c1-42-28-11-10-24(20-29(28)43-2)26(8-4-13-34-46(40,41)30-9-5-19-45-30)37-32(38)25-6-3-7-27(31(25)33(37)39)36-16-14-35(15-17-36)21-23-12-18-44-22-23;1-37-23-11-10-19(18-24(23)38-2)21(8-4-12-30-40(35,36)25-9-5-17-39-25)32-27(33)20-6-3-7-22(26(20)28(32)34)31-15-13-29-14-16-31/h3,5-7,9-12,18-20,22,26,34H,4,8,13-17,21H2,1-2H3;3,5-7,9-11,17-18,21,29-30H,4,8,12-16H2,1-2H3/t26-;21-/m11/s1.